The lowest BCUT2D eigenvalue weighted by molar-refractivity contribution is -0.185. The Hall–Kier alpha value is -1.14. The fourth-order valence-electron chi connectivity index (χ4n) is 2.32. The number of carbonyl (C=O) groups excluding carboxylic acids is 1. The Kier molecular flexibility index (Phi) is 5.10. The summed E-state index contributed by atoms with van der Waals surface area (Å²) in [6.45, 7) is 3.68. The summed E-state index contributed by atoms with van der Waals surface area (Å²) in [5.41, 5.74) is -2.47. The molecule has 1 rings (SSSR count). The summed E-state index contributed by atoms with van der Waals surface area (Å²) in [7, 11) is 1.07. The summed E-state index contributed by atoms with van der Waals surface area (Å²) < 4.78 is 4.40. The number of piperidine rings is 1. The van der Waals surface area contributed by atoms with E-state index in [1.54, 1.807) is 6.92 Å². The van der Waals surface area contributed by atoms with Gasteiger partial charge in [0.2, 0.25) is 0 Å². The highest BCUT2D eigenvalue weighted by Gasteiger charge is 2.50. The molecule has 1 fully saturated rings. The van der Waals surface area contributed by atoms with Crippen molar-refractivity contribution in [3.05, 3.63) is 0 Å². The second-order valence-corrected chi connectivity index (χ2v) is 4.83. The summed E-state index contributed by atoms with van der Waals surface area (Å²) >= 11 is 0. The van der Waals surface area contributed by atoms with Crippen LogP contribution in [0.15, 0.2) is 0 Å². The zero-order valence-electron chi connectivity index (χ0n) is 10.9. The van der Waals surface area contributed by atoms with Crippen LogP contribution in [0.3, 0.4) is 0 Å². The number of likely N-dealkylation sites (tertiary alicyclic amines) is 1. The van der Waals surface area contributed by atoms with Gasteiger partial charge in [0.1, 0.15) is 0 Å². The smallest absolute Gasteiger partial charge is 0.350 e. The number of aliphatic carboxylic acids is 1. The average Bonchev–Trinajstić information content (AvgIpc) is 2.37. The van der Waals surface area contributed by atoms with Gasteiger partial charge in [0, 0.05) is 12.5 Å². The number of carboxylic acid groups (broad SMARTS) is 1. The molecule has 0 aromatic rings. The first-order chi connectivity index (χ1) is 8.42. The maximum atomic E-state index is 11.5. The van der Waals surface area contributed by atoms with Crippen molar-refractivity contribution >= 4 is 11.9 Å². The number of esters is 1. The first-order valence-corrected chi connectivity index (χ1v) is 6.19. The summed E-state index contributed by atoms with van der Waals surface area (Å²) in [4.78, 5) is 24.7. The molecule has 6 heteroatoms. The molecule has 1 aliphatic rings. The molecular weight excluding hydrogens is 238 g/mol. The van der Waals surface area contributed by atoms with E-state index in [2.05, 4.69) is 9.64 Å². The molecule has 18 heavy (non-hydrogen) atoms. The van der Waals surface area contributed by atoms with Gasteiger partial charge in [0.25, 0.3) is 5.60 Å². The number of aliphatic hydroxyl groups is 1. The quantitative estimate of drug-likeness (QED) is 0.538. The zero-order valence-corrected chi connectivity index (χ0v) is 10.9. The van der Waals surface area contributed by atoms with Crippen molar-refractivity contribution in [2.75, 3.05) is 26.7 Å². The van der Waals surface area contributed by atoms with Gasteiger partial charge in [-0.1, -0.05) is 13.3 Å². The molecule has 2 atom stereocenters. The maximum absolute atomic E-state index is 11.5. The summed E-state index contributed by atoms with van der Waals surface area (Å²) in [6.07, 6.45) is 3.30. The van der Waals surface area contributed by atoms with Gasteiger partial charge >= 0.3 is 11.9 Å². The summed E-state index contributed by atoms with van der Waals surface area (Å²) in [6, 6.07) is 0. The highest BCUT2D eigenvalue weighted by molar-refractivity contribution is 6.02. The molecule has 0 aromatic heterocycles. The Balaban J connectivity index is 2.73. The average molecular weight is 259 g/mol. The molecule has 6 nitrogen and oxygen atoms in total. The highest BCUT2D eigenvalue weighted by atomic mass is 16.5. The van der Waals surface area contributed by atoms with E-state index in [1.807, 2.05) is 0 Å². The van der Waals surface area contributed by atoms with Gasteiger partial charge in [-0.2, -0.15) is 0 Å². The van der Waals surface area contributed by atoms with Crippen LogP contribution in [0.1, 0.15) is 26.2 Å². The molecule has 2 N–H and O–H groups in total. The molecule has 0 saturated carbocycles. The van der Waals surface area contributed by atoms with Gasteiger partial charge in [-0.05, 0) is 25.9 Å². The lowest BCUT2D eigenvalue weighted by Crippen LogP contribution is -2.55. The third-order valence-corrected chi connectivity index (χ3v) is 3.52. The molecule has 0 aromatic carbocycles. The number of methoxy groups -OCH3 is 1. The van der Waals surface area contributed by atoms with Gasteiger partial charge in [-0.25, -0.2) is 9.59 Å². The van der Waals surface area contributed by atoms with Crippen molar-refractivity contribution in [2.24, 2.45) is 5.92 Å². The van der Waals surface area contributed by atoms with Crippen LogP contribution in [0.5, 0.6) is 0 Å². The van der Waals surface area contributed by atoms with E-state index in [4.69, 9.17) is 5.11 Å². The minimum Gasteiger partial charge on any atom is -0.479 e. The van der Waals surface area contributed by atoms with Gasteiger partial charge in [0.05, 0.1) is 7.11 Å². The Morgan fingerprint density at radius 3 is 2.33 bits per heavy atom. The predicted octanol–water partition coefficient (Wildman–Crippen LogP) is 0.0971. The van der Waals surface area contributed by atoms with E-state index in [9.17, 15) is 14.7 Å². The Bertz CT molecular complexity index is 314. The fraction of sp³-hybridized carbons (Fsp3) is 0.833. The van der Waals surface area contributed by atoms with E-state index in [-0.39, 0.29) is 0 Å². The molecule has 1 heterocycles. The van der Waals surface area contributed by atoms with Gasteiger partial charge in [0.15, 0.2) is 0 Å². The molecule has 104 valence electrons. The second kappa shape index (κ2) is 6.15. The SMILES string of the molecule is COC(=O)C(O)(C(=O)O)C(C)CN1CCCCC1. The first-order valence-electron chi connectivity index (χ1n) is 6.19. The minimum absolute atomic E-state index is 0.373. The number of carboxylic acids is 1. The Labute approximate surface area is 107 Å². The monoisotopic (exact) mass is 259 g/mol. The molecule has 0 aliphatic carbocycles. The van der Waals surface area contributed by atoms with Crippen molar-refractivity contribution in [3.8, 4) is 0 Å². The minimum atomic E-state index is -2.47. The van der Waals surface area contributed by atoms with E-state index in [0.29, 0.717) is 6.54 Å². The first kappa shape index (κ1) is 14.9. The van der Waals surface area contributed by atoms with Crippen molar-refractivity contribution in [2.45, 2.75) is 31.8 Å². The molecule has 2 unspecified atom stereocenters. The third-order valence-electron chi connectivity index (χ3n) is 3.52. The molecule has 0 amide bonds. The van der Waals surface area contributed by atoms with E-state index >= 15 is 0 Å². The third kappa shape index (κ3) is 3.00. The lowest BCUT2D eigenvalue weighted by Gasteiger charge is -2.33. The van der Waals surface area contributed by atoms with Crippen LogP contribution in [0.25, 0.3) is 0 Å². The van der Waals surface area contributed by atoms with Crippen LogP contribution in [0, 0.1) is 5.92 Å². The molecule has 0 radical (unpaired) electrons. The summed E-state index contributed by atoms with van der Waals surface area (Å²) in [5.74, 6) is -3.39. The molecule has 1 saturated heterocycles. The number of nitrogens with zero attached hydrogens (tertiary/aromatic N) is 1. The summed E-state index contributed by atoms with van der Waals surface area (Å²) in [5, 5.41) is 19.1. The van der Waals surface area contributed by atoms with Crippen LogP contribution in [0.4, 0.5) is 0 Å². The standard InChI is InChI=1S/C12H21NO5/c1-9(8-13-6-4-3-5-7-13)12(17,10(14)15)11(16)18-2/h9,17H,3-8H2,1-2H3,(H,14,15). The zero-order chi connectivity index (χ0) is 13.8. The van der Waals surface area contributed by atoms with Crippen LogP contribution < -0.4 is 0 Å². The largest absolute Gasteiger partial charge is 0.479 e. The number of ether oxygens (including phenoxy) is 1. The predicted molar refractivity (Wildman–Crippen MR) is 64.1 cm³/mol. The Morgan fingerprint density at radius 1 is 1.33 bits per heavy atom. The highest BCUT2D eigenvalue weighted by Crippen LogP contribution is 2.22. The normalized spacial score (nSPS) is 21.9. The van der Waals surface area contributed by atoms with Crippen molar-refractivity contribution in [1.82, 2.24) is 4.90 Å². The topological polar surface area (TPSA) is 87.1 Å². The fourth-order valence-corrected chi connectivity index (χ4v) is 2.32. The number of rotatable bonds is 5. The van der Waals surface area contributed by atoms with Crippen molar-refractivity contribution in [1.29, 1.82) is 0 Å². The molecular formula is C12H21NO5. The van der Waals surface area contributed by atoms with Crippen molar-refractivity contribution in [3.63, 3.8) is 0 Å². The maximum Gasteiger partial charge on any atom is 0.350 e. The van der Waals surface area contributed by atoms with Crippen LogP contribution >= 0.6 is 0 Å². The molecule has 0 spiro atoms. The van der Waals surface area contributed by atoms with Crippen LogP contribution in [0.2, 0.25) is 0 Å². The van der Waals surface area contributed by atoms with Crippen molar-refractivity contribution < 1.29 is 24.5 Å². The number of hydrogen-bond acceptors (Lipinski definition) is 5. The molecule has 1 aliphatic heterocycles. The van der Waals surface area contributed by atoms with Crippen LogP contribution in [-0.4, -0.2) is 59.4 Å². The van der Waals surface area contributed by atoms with E-state index in [1.165, 1.54) is 6.42 Å². The van der Waals surface area contributed by atoms with E-state index in [0.717, 1.165) is 33.0 Å². The Morgan fingerprint density at radius 2 is 1.89 bits per heavy atom. The molecule has 0 bridgehead atoms. The lowest BCUT2D eigenvalue weighted by atomic mass is 9.88. The van der Waals surface area contributed by atoms with E-state index < -0.39 is 23.5 Å². The second-order valence-electron chi connectivity index (χ2n) is 4.83. The number of carbonyl (C=O) groups is 2. The van der Waals surface area contributed by atoms with Gasteiger partial charge in [-0.15, -0.1) is 0 Å². The van der Waals surface area contributed by atoms with Crippen LogP contribution in [-0.2, 0) is 14.3 Å². The number of hydrogen-bond donors (Lipinski definition) is 2. The van der Waals surface area contributed by atoms with Gasteiger partial charge < -0.3 is 19.8 Å². The van der Waals surface area contributed by atoms with Gasteiger partial charge in [-0.3, -0.25) is 0 Å².